The molecule has 0 unspecified atom stereocenters. The molecule has 0 atom stereocenters. The van der Waals surface area contributed by atoms with Crippen molar-refractivity contribution in [1.29, 1.82) is 0 Å². The predicted octanol–water partition coefficient (Wildman–Crippen LogP) is 5.24. The van der Waals surface area contributed by atoms with Gasteiger partial charge in [-0.1, -0.05) is 48.5 Å². The number of carbonyl (C=O) groups excluding carboxylic acids is 1. The quantitative estimate of drug-likeness (QED) is 0.468. The lowest BCUT2D eigenvalue weighted by Gasteiger charge is -2.08. The summed E-state index contributed by atoms with van der Waals surface area (Å²) < 4.78 is 0.784. The average molecular weight is 324 g/mol. The van der Waals surface area contributed by atoms with Crippen LogP contribution < -0.4 is 0 Å². The van der Waals surface area contributed by atoms with E-state index >= 15 is 0 Å². The van der Waals surface area contributed by atoms with Gasteiger partial charge in [0, 0.05) is 4.47 Å². The molecule has 3 heteroatoms. The van der Waals surface area contributed by atoms with Gasteiger partial charge in [-0.15, -0.1) is 0 Å². The standard InChI is InChI=1S/C17H10BrNO/c18-16-10-13(8-9-17(16)19-11-20)15-7-3-5-12-4-1-2-6-14(12)15/h1-10H. The molecule has 0 aliphatic carbocycles. The van der Waals surface area contributed by atoms with E-state index < -0.39 is 0 Å². The van der Waals surface area contributed by atoms with E-state index in [9.17, 15) is 4.79 Å². The van der Waals surface area contributed by atoms with Crippen molar-refractivity contribution in [2.24, 2.45) is 4.99 Å². The first-order valence-corrected chi connectivity index (χ1v) is 6.94. The number of fused-ring (bicyclic) bond motifs is 1. The van der Waals surface area contributed by atoms with Crippen LogP contribution in [0.1, 0.15) is 0 Å². The molecule has 0 amide bonds. The van der Waals surface area contributed by atoms with Crippen molar-refractivity contribution in [2.75, 3.05) is 0 Å². The van der Waals surface area contributed by atoms with E-state index in [1.165, 1.54) is 10.8 Å². The largest absolute Gasteiger partial charge is 0.240 e. The van der Waals surface area contributed by atoms with Crippen LogP contribution in [0, 0.1) is 0 Å². The number of nitrogens with zero attached hydrogens (tertiary/aromatic N) is 1. The Balaban J connectivity index is 2.21. The van der Waals surface area contributed by atoms with E-state index in [4.69, 9.17) is 0 Å². The van der Waals surface area contributed by atoms with E-state index in [0.29, 0.717) is 5.69 Å². The van der Waals surface area contributed by atoms with Gasteiger partial charge in [-0.05, 0) is 50.0 Å². The Morgan fingerprint density at radius 1 is 0.950 bits per heavy atom. The van der Waals surface area contributed by atoms with E-state index in [1.54, 1.807) is 6.08 Å². The molecule has 96 valence electrons. The Morgan fingerprint density at radius 2 is 1.75 bits per heavy atom. The van der Waals surface area contributed by atoms with Gasteiger partial charge in [0.25, 0.3) is 0 Å². The lowest BCUT2D eigenvalue weighted by Crippen LogP contribution is -1.81. The topological polar surface area (TPSA) is 29.4 Å². The highest BCUT2D eigenvalue weighted by molar-refractivity contribution is 9.10. The lowest BCUT2D eigenvalue weighted by atomic mass is 9.98. The molecule has 0 spiro atoms. The zero-order valence-corrected chi connectivity index (χ0v) is 12.1. The third kappa shape index (κ3) is 2.29. The van der Waals surface area contributed by atoms with Crippen molar-refractivity contribution in [3.63, 3.8) is 0 Å². The Hall–Kier alpha value is -2.22. The van der Waals surface area contributed by atoms with Crippen molar-refractivity contribution in [3.8, 4) is 11.1 Å². The van der Waals surface area contributed by atoms with Gasteiger partial charge in [-0.2, -0.15) is 4.99 Å². The first kappa shape index (κ1) is 12.8. The van der Waals surface area contributed by atoms with Crippen molar-refractivity contribution in [1.82, 2.24) is 0 Å². The van der Waals surface area contributed by atoms with Crippen LogP contribution in [0.25, 0.3) is 21.9 Å². The molecule has 0 aromatic heterocycles. The van der Waals surface area contributed by atoms with Gasteiger partial charge < -0.3 is 0 Å². The Kier molecular flexibility index (Phi) is 3.46. The van der Waals surface area contributed by atoms with Crippen LogP contribution in [-0.4, -0.2) is 6.08 Å². The van der Waals surface area contributed by atoms with Crippen LogP contribution in [0.5, 0.6) is 0 Å². The zero-order valence-electron chi connectivity index (χ0n) is 10.5. The molecule has 0 heterocycles. The van der Waals surface area contributed by atoms with Gasteiger partial charge in [-0.3, -0.25) is 0 Å². The van der Waals surface area contributed by atoms with Gasteiger partial charge in [0.2, 0.25) is 6.08 Å². The number of benzene rings is 3. The fourth-order valence-electron chi connectivity index (χ4n) is 2.29. The highest BCUT2D eigenvalue weighted by Crippen LogP contribution is 2.34. The molecule has 0 aliphatic rings. The first-order chi connectivity index (χ1) is 9.79. The maximum absolute atomic E-state index is 10.3. The van der Waals surface area contributed by atoms with Gasteiger partial charge >= 0.3 is 0 Å². The molecular formula is C17H10BrNO. The second kappa shape index (κ2) is 5.41. The Labute approximate surface area is 124 Å². The van der Waals surface area contributed by atoms with Crippen LogP contribution in [-0.2, 0) is 4.79 Å². The molecule has 0 saturated carbocycles. The first-order valence-electron chi connectivity index (χ1n) is 6.15. The van der Waals surface area contributed by atoms with E-state index in [-0.39, 0.29) is 0 Å². The summed E-state index contributed by atoms with van der Waals surface area (Å²) in [5.74, 6) is 0. The summed E-state index contributed by atoms with van der Waals surface area (Å²) in [6.07, 6.45) is 1.56. The fourth-order valence-corrected chi connectivity index (χ4v) is 2.76. The fraction of sp³-hybridized carbons (Fsp3) is 0. The number of halogens is 1. The molecule has 3 rings (SSSR count). The molecule has 3 aromatic rings. The number of rotatable bonds is 2. The van der Waals surface area contributed by atoms with Crippen molar-refractivity contribution in [3.05, 3.63) is 65.1 Å². The van der Waals surface area contributed by atoms with Crippen LogP contribution in [0.15, 0.2) is 70.1 Å². The maximum Gasteiger partial charge on any atom is 0.240 e. The summed E-state index contributed by atoms with van der Waals surface area (Å²) in [5.41, 5.74) is 2.83. The molecule has 0 bridgehead atoms. The van der Waals surface area contributed by atoms with Crippen molar-refractivity contribution >= 4 is 38.5 Å². The minimum absolute atomic E-state index is 0.587. The zero-order chi connectivity index (χ0) is 13.9. The van der Waals surface area contributed by atoms with Crippen molar-refractivity contribution < 1.29 is 4.79 Å². The van der Waals surface area contributed by atoms with E-state index in [1.807, 2.05) is 36.4 Å². The molecule has 0 fully saturated rings. The second-order valence-electron chi connectivity index (χ2n) is 4.40. The highest BCUT2D eigenvalue weighted by Gasteiger charge is 2.06. The normalized spacial score (nSPS) is 10.2. The second-order valence-corrected chi connectivity index (χ2v) is 5.25. The van der Waals surface area contributed by atoms with Gasteiger partial charge in [0.1, 0.15) is 0 Å². The number of isocyanates is 1. The molecule has 20 heavy (non-hydrogen) atoms. The predicted molar refractivity (Wildman–Crippen MR) is 84.9 cm³/mol. The molecule has 0 saturated heterocycles. The van der Waals surface area contributed by atoms with E-state index in [0.717, 1.165) is 15.6 Å². The summed E-state index contributed by atoms with van der Waals surface area (Å²) >= 11 is 3.44. The Morgan fingerprint density at radius 3 is 2.55 bits per heavy atom. The van der Waals surface area contributed by atoms with Gasteiger partial charge in [0.15, 0.2) is 0 Å². The minimum atomic E-state index is 0.587. The van der Waals surface area contributed by atoms with E-state index in [2.05, 4.69) is 45.2 Å². The summed E-state index contributed by atoms with van der Waals surface area (Å²) in [7, 11) is 0. The van der Waals surface area contributed by atoms with Crippen LogP contribution in [0.3, 0.4) is 0 Å². The third-order valence-corrected chi connectivity index (χ3v) is 3.85. The van der Waals surface area contributed by atoms with Crippen LogP contribution >= 0.6 is 15.9 Å². The minimum Gasteiger partial charge on any atom is -0.211 e. The maximum atomic E-state index is 10.3. The SMILES string of the molecule is O=C=Nc1ccc(-c2cccc3ccccc23)cc1Br. The highest BCUT2D eigenvalue weighted by atomic mass is 79.9. The van der Waals surface area contributed by atoms with Gasteiger partial charge in [0.05, 0.1) is 5.69 Å². The number of hydrogen-bond donors (Lipinski definition) is 0. The summed E-state index contributed by atoms with van der Waals surface area (Å²) in [6, 6.07) is 20.2. The molecule has 0 N–H and O–H groups in total. The molecule has 2 nitrogen and oxygen atoms in total. The number of hydrogen-bond acceptors (Lipinski definition) is 2. The Bertz CT molecular complexity index is 830. The molecule has 0 aliphatic heterocycles. The molecule has 3 aromatic carbocycles. The summed E-state index contributed by atoms with van der Waals surface area (Å²) in [6.45, 7) is 0. The summed E-state index contributed by atoms with van der Waals surface area (Å²) in [5, 5.41) is 2.41. The monoisotopic (exact) mass is 323 g/mol. The van der Waals surface area contributed by atoms with Gasteiger partial charge in [-0.25, -0.2) is 4.79 Å². The third-order valence-electron chi connectivity index (χ3n) is 3.21. The van der Waals surface area contributed by atoms with Crippen molar-refractivity contribution in [2.45, 2.75) is 0 Å². The van der Waals surface area contributed by atoms with Crippen LogP contribution in [0.4, 0.5) is 5.69 Å². The summed E-state index contributed by atoms with van der Waals surface area (Å²) in [4.78, 5) is 14.0. The van der Waals surface area contributed by atoms with Crippen LogP contribution in [0.2, 0.25) is 0 Å². The average Bonchev–Trinajstić information content (AvgIpc) is 2.49. The molecule has 0 radical (unpaired) electrons. The lowest BCUT2D eigenvalue weighted by molar-refractivity contribution is 0.565. The number of aliphatic imine (C=N–C) groups is 1. The smallest absolute Gasteiger partial charge is 0.211 e. The molecular weight excluding hydrogens is 314 g/mol.